The predicted octanol–water partition coefficient (Wildman–Crippen LogP) is 2.86. The Balaban J connectivity index is 1.36. The summed E-state index contributed by atoms with van der Waals surface area (Å²) in [5.74, 6) is -1.85. The third-order valence-electron chi connectivity index (χ3n) is 8.44. The normalized spacial score (nSPS) is 12.0. The van der Waals surface area contributed by atoms with Gasteiger partial charge in [-0.2, -0.15) is 0 Å². The Kier molecular flexibility index (Phi) is 23.1. The minimum atomic E-state index is -0.804. The van der Waals surface area contributed by atoms with Gasteiger partial charge in [-0.15, -0.1) is 0 Å². The summed E-state index contributed by atoms with van der Waals surface area (Å²) >= 11 is 0. The van der Waals surface area contributed by atoms with Gasteiger partial charge in [-0.05, 0) is 43.0 Å². The molecule has 0 saturated carbocycles. The van der Waals surface area contributed by atoms with Gasteiger partial charge in [-0.25, -0.2) is 4.79 Å². The lowest BCUT2D eigenvalue weighted by molar-refractivity contribution is -0.156. The van der Waals surface area contributed by atoms with Crippen LogP contribution >= 0.6 is 0 Å². The average molecular weight is 832 g/mol. The number of methoxy groups -OCH3 is 1. The van der Waals surface area contributed by atoms with Crippen molar-refractivity contribution in [1.82, 2.24) is 15.5 Å². The maximum Gasteiger partial charge on any atom is 0.410 e. The third kappa shape index (κ3) is 20.2. The van der Waals surface area contributed by atoms with Crippen molar-refractivity contribution in [3.8, 4) is 11.1 Å². The molecule has 328 valence electrons. The van der Waals surface area contributed by atoms with Crippen molar-refractivity contribution in [3.63, 3.8) is 0 Å². The number of nitrogens with one attached hydrogen (secondary N) is 2. The fourth-order valence-corrected chi connectivity index (χ4v) is 5.74. The number of amides is 3. The highest BCUT2D eigenvalue weighted by atomic mass is 16.6. The van der Waals surface area contributed by atoms with E-state index < -0.39 is 36.6 Å². The van der Waals surface area contributed by atoms with E-state index in [0.29, 0.717) is 39.6 Å². The van der Waals surface area contributed by atoms with Crippen molar-refractivity contribution in [2.24, 2.45) is 0 Å². The standard InChI is InChI=1S/C42H61N3O14/c1-42(2,3)59-40(49)14-18-53-22-26-57-28-24-55-20-16-44-38(47)30-45(29-37(46)43-15-19-54-23-27-56-25-21-52-17-13-39(48)51-4)41(50)58-31-36-34-11-7-5-9-32(34)33-10-6-8-12-35(33)36/h5-12,36H,13-31H2,1-4H3,(H,43,46)(H,44,47). The number of esters is 2. The van der Waals surface area contributed by atoms with Crippen LogP contribution in [0.2, 0.25) is 0 Å². The molecule has 0 atom stereocenters. The zero-order valence-corrected chi connectivity index (χ0v) is 34.8. The van der Waals surface area contributed by atoms with Crippen LogP contribution in [0.5, 0.6) is 0 Å². The minimum absolute atomic E-state index is 0.0241. The van der Waals surface area contributed by atoms with Crippen molar-refractivity contribution in [2.75, 3.05) is 119 Å². The molecule has 0 spiro atoms. The van der Waals surface area contributed by atoms with E-state index in [4.69, 9.17) is 37.9 Å². The van der Waals surface area contributed by atoms with Crippen molar-refractivity contribution in [2.45, 2.75) is 45.1 Å². The van der Waals surface area contributed by atoms with E-state index in [9.17, 15) is 24.0 Å². The Labute approximate surface area is 346 Å². The van der Waals surface area contributed by atoms with Crippen LogP contribution in [-0.4, -0.2) is 160 Å². The summed E-state index contributed by atoms with van der Waals surface area (Å²) in [6.45, 7) is 8.34. The lowest BCUT2D eigenvalue weighted by atomic mass is 9.98. The molecule has 1 aliphatic rings. The van der Waals surface area contributed by atoms with Gasteiger partial charge in [0.1, 0.15) is 25.3 Å². The van der Waals surface area contributed by atoms with Gasteiger partial charge in [0.15, 0.2) is 0 Å². The highest BCUT2D eigenvalue weighted by molar-refractivity contribution is 5.87. The Bertz CT molecular complexity index is 1540. The largest absolute Gasteiger partial charge is 0.469 e. The lowest BCUT2D eigenvalue weighted by Gasteiger charge is -2.23. The van der Waals surface area contributed by atoms with Gasteiger partial charge in [0.25, 0.3) is 0 Å². The van der Waals surface area contributed by atoms with E-state index in [-0.39, 0.29) is 90.0 Å². The fraction of sp³-hybridized carbons (Fsp3) is 0.595. The number of nitrogens with zero attached hydrogens (tertiary/aromatic N) is 1. The summed E-state index contributed by atoms with van der Waals surface area (Å²) in [5, 5.41) is 5.41. The molecule has 17 nitrogen and oxygen atoms in total. The van der Waals surface area contributed by atoms with Crippen LogP contribution in [0.1, 0.15) is 50.7 Å². The highest BCUT2D eigenvalue weighted by Crippen LogP contribution is 2.44. The number of benzene rings is 2. The zero-order chi connectivity index (χ0) is 42.7. The number of hydrogen-bond acceptors (Lipinski definition) is 14. The van der Waals surface area contributed by atoms with E-state index in [1.165, 1.54) is 7.11 Å². The van der Waals surface area contributed by atoms with E-state index in [0.717, 1.165) is 27.2 Å². The van der Waals surface area contributed by atoms with Crippen LogP contribution in [0.25, 0.3) is 11.1 Å². The molecule has 3 amide bonds. The quantitative estimate of drug-likeness (QED) is 0.0663. The predicted molar refractivity (Wildman–Crippen MR) is 215 cm³/mol. The first-order chi connectivity index (χ1) is 28.5. The molecule has 59 heavy (non-hydrogen) atoms. The molecule has 0 fully saturated rings. The van der Waals surface area contributed by atoms with Crippen LogP contribution in [-0.2, 0) is 61.8 Å². The van der Waals surface area contributed by atoms with Crippen molar-refractivity contribution >= 4 is 29.8 Å². The molecule has 2 N–H and O–H groups in total. The number of carbonyl (C=O) groups excluding carboxylic acids is 5. The van der Waals surface area contributed by atoms with Gasteiger partial charge in [0.2, 0.25) is 11.8 Å². The molecular formula is C42H61N3O14. The molecule has 0 aliphatic heterocycles. The van der Waals surface area contributed by atoms with Crippen LogP contribution in [0.3, 0.4) is 0 Å². The maximum atomic E-state index is 13.4. The molecule has 17 heteroatoms. The fourth-order valence-electron chi connectivity index (χ4n) is 5.74. The molecule has 0 bridgehead atoms. The average Bonchev–Trinajstić information content (AvgIpc) is 3.53. The zero-order valence-electron chi connectivity index (χ0n) is 34.8. The van der Waals surface area contributed by atoms with Gasteiger partial charge in [0.05, 0.1) is 99.2 Å². The van der Waals surface area contributed by atoms with Gasteiger partial charge in [-0.3, -0.25) is 24.1 Å². The number of ether oxygens (including phenoxy) is 9. The van der Waals surface area contributed by atoms with Crippen molar-refractivity contribution < 1.29 is 66.6 Å². The first-order valence-electron chi connectivity index (χ1n) is 19.9. The van der Waals surface area contributed by atoms with Crippen LogP contribution in [0, 0.1) is 0 Å². The van der Waals surface area contributed by atoms with E-state index in [1.807, 2.05) is 69.3 Å². The minimum Gasteiger partial charge on any atom is -0.469 e. The van der Waals surface area contributed by atoms with Gasteiger partial charge < -0.3 is 53.3 Å². The molecule has 0 aromatic heterocycles. The Morgan fingerprint density at radius 3 is 1.42 bits per heavy atom. The second-order valence-corrected chi connectivity index (χ2v) is 14.2. The first kappa shape index (κ1) is 48.7. The molecule has 2 aromatic carbocycles. The molecular weight excluding hydrogens is 770 g/mol. The monoisotopic (exact) mass is 831 g/mol. The summed E-state index contributed by atoms with van der Waals surface area (Å²) in [7, 11) is 1.32. The Morgan fingerprint density at radius 2 is 0.983 bits per heavy atom. The number of rotatable bonds is 30. The second kappa shape index (κ2) is 27.9. The topological polar surface area (TPSA) is 196 Å². The molecule has 0 unspecified atom stereocenters. The summed E-state index contributed by atoms with van der Waals surface area (Å²) in [5.41, 5.74) is 3.69. The maximum absolute atomic E-state index is 13.4. The molecule has 1 aliphatic carbocycles. The number of carbonyl (C=O) groups is 5. The summed E-state index contributed by atoms with van der Waals surface area (Å²) in [4.78, 5) is 63.1. The summed E-state index contributed by atoms with van der Waals surface area (Å²) in [6.07, 6.45) is -0.463. The third-order valence-corrected chi connectivity index (χ3v) is 8.44. The summed E-state index contributed by atoms with van der Waals surface area (Å²) in [6, 6.07) is 15.9. The van der Waals surface area contributed by atoms with Crippen molar-refractivity contribution in [3.05, 3.63) is 59.7 Å². The van der Waals surface area contributed by atoms with E-state index in [1.54, 1.807) is 0 Å². The smallest absolute Gasteiger partial charge is 0.410 e. The number of fused-ring (bicyclic) bond motifs is 3. The Hall–Kier alpha value is -4.65. The molecule has 0 heterocycles. The SMILES string of the molecule is COC(=O)CCOCCOCCOCCNC(=O)CN(CC(=O)NCCOCCOCCOCCC(=O)OC(C)(C)C)C(=O)OCC1c2ccccc2-c2ccccc21. The van der Waals surface area contributed by atoms with Crippen molar-refractivity contribution in [1.29, 1.82) is 0 Å². The van der Waals surface area contributed by atoms with Gasteiger partial charge in [0, 0.05) is 19.0 Å². The van der Waals surface area contributed by atoms with Crippen LogP contribution < -0.4 is 10.6 Å². The summed E-state index contributed by atoms with van der Waals surface area (Å²) < 4.78 is 48.1. The van der Waals surface area contributed by atoms with Crippen LogP contribution in [0.4, 0.5) is 4.79 Å². The lowest BCUT2D eigenvalue weighted by Crippen LogP contribution is -2.47. The Morgan fingerprint density at radius 1 is 0.576 bits per heavy atom. The van der Waals surface area contributed by atoms with E-state index in [2.05, 4.69) is 15.4 Å². The van der Waals surface area contributed by atoms with Crippen LogP contribution in [0.15, 0.2) is 48.5 Å². The molecule has 3 rings (SSSR count). The molecule has 0 saturated heterocycles. The second-order valence-electron chi connectivity index (χ2n) is 14.2. The number of hydrogen-bond donors (Lipinski definition) is 2. The van der Waals surface area contributed by atoms with Gasteiger partial charge >= 0.3 is 18.0 Å². The highest BCUT2D eigenvalue weighted by Gasteiger charge is 2.30. The first-order valence-corrected chi connectivity index (χ1v) is 19.9. The van der Waals surface area contributed by atoms with Gasteiger partial charge in [-0.1, -0.05) is 48.5 Å². The van der Waals surface area contributed by atoms with E-state index >= 15 is 0 Å². The molecule has 2 aromatic rings. The molecule has 0 radical (unpaired) electrons.